The highest BCUT2D eigenvalue weighted by atomic mass is 19.4. The van der Waals surface area contributed by atoms with Crippen molar-refractivity contribution in [3.05, 3.63) is 47.9 Å². The van der Waals surface area contributed by atoms with Gasteiger partial charge in [0, 0.05) is 49.1 Å². The van der Waals surface area contributed by atoms with E-state index in [1.54, 1.807) is 12.4 Å². The monoisotopic (exact) mass is 506 g/mol. The summed E-state index contributed by atoms with van der Waals surface area (Å²) in [7, 11) is 0. The Morgan fingerprint density at radius 1 is 1.08 bits per heavy atom. The zero-order valence-corrected chi connectivity index (χ0v) is 20.1. The maximum atomic E-state index is 12.9. The lowest BCUT2D eigenvalue weighted by molar-refractivity contribution is -0.163. The first-order chi connectivity index (χ1) is 17.8. The van der Waals surface area contributed by atoms with Gasteiger partial charge in [0.1, 0.15) is 18.3 Å². The summed E-state index contributed by atoms with van der Waals surface area (Å²) in [5, 5.41) is 10.1. The highest BCUT2D eigenvalue weighted by Crippen LogP contribution is 2.46. The third kappa shape index (κ3) is 4.70. The lowest BCUT2D eigenvalue weighted by atomic mass is 9.97. The van der Waals surface area contributed by atoms with Crippen molar-refractivity contribution in [2.75, 3.05) is 24.5 Å². The predicted octanol–water partition coefficient (Wildman–Crippen LogP) is 4.82. The first-order valence-corrected chi connectivity index (χ1v) is 12.6. The van der Waals surface area contributed by atoms with Gasteiger partial charge in [0.15, 0.2) is 0 Å². The van der Waals surface area contributed by atoms with Crippen molar-refractivity contribution in [2.24, 2.45) is 5.92 Å². The molecule has 1 saturated heterocycles. The lowest BCUT2D eigenvalue weighted by Gasteiger charge is -2.42. The van der Waals surface area contributed by atoms with Crippen LogP contribution in [0.3, 0.4) is 0 Å². The molecule has 0 radical (unpaired) electrons. The minimum atomic E-state index is -4.53. The molecule has 0 spiro atoms. The Balaban J connectivity index is 1.36. The summed E-state index contributed by atoms with van der Waals surface area (Å²) in [6.45, 7) is 0.888. The van der Waals surface area contributed by atoms with Gasteiger partial charge in [-0.2, -0.15) is 18.4 Å². The van der Waals surface area contributed by atoms with Crippen LogP contribution >= 0.6 is 0 Å². The molecule has 7 nitrogen and oxygen atoms in total. The summed E-state index contributed by atoms with van der Waals surface area (Å²) in [4.78, 5) is 29.8. The highest BCUT2D eigenvalue weighted by molar-refractivity contribution is 5.92. The number of aromatic nitrogens is 3. The van der Waals surface area contributed by atoms with Crippen molar-refractivity contribution >= 4 is 22.8 Å². The third-order valence-corrected chi connectivity index (χ3v) is 7.46. The van der Waals surface area contributed by atoms with Gasteiger partial charge >= 0.3 is 6.18 Å². The zero-order valence-electron chi connectivity index (χ0n) is 20.1. The van der Waals surface area contributed by atoms with Gasteiger partial charge in [0.2, 0.25) is 5.91 Å². The summed E-state index contributed by atoms with van der Waals surface area (Å²) in [5.41, 5.74) is 4.57. The molecular weight excluding hydrogens is 481 g/mol. The van der Waals surface area contributed by atoms with Crippen LogP contribution in [0.15, 0.2) is 36.7 Å². The second-order valence-electron chi connectivity index (χ2n) is 10.1. The number of carbonyl (C=O) groups is 1. The number of nitrogens with zero attached hydrogens (tertiary/aromatic N) is 6. The molecule has 37 heavy (non-hydrogen) atoms. The molecule has 1 atom stereocenters. The number of pyridine rings is 1. The van der Waals surface area contributed by atoms with E-state index in [-0.39, 0.29) is 24.4 Å². The number of amides is 1. The molecule has 190 valence electrons. The molecule has 2 aromatic heterocycles. The Hall–Kier alpha value is -3.74. The number of piperazine rings is 1. The summed E-state index contributed by atoms with van der Waals surface area (Å²) in [6, 6.07) is 9.63. The number of fused-ring (bicyclic) bond motifs is 1. The Morgan fingerprint density at radius 2 is 1.86 bits per heavy atom. The number of nitriles is 1. The second-order valence-corrected chi connectivity index (χ2v) is 10.1. The van der Waals surface area contributed by atoms with Crippen LogP contribution in [0, 0.1) is 17.2 Å². The number of alkyl halides is 3. The minimum absolute atomic E-state index is 0.182. The van der Waals surface area contributed by atoms with Crippen LogP contribution in [0.25, 0.3) is 22.2 Å². The van der Waals surface area contributed by atoms with Crippen LogP contribution in [-0.4, -0.2) is 57.6 Å². The average Bonchev–Trinajstić information content (AvgIpc) is 3.80. The van der Waals surface area contributed by atoms with E-state index in [0.29, 0.717) is 24.5 Å². The van der Waals surface area contributed by atoms with Crippen molar-refractivity contribution in [3.8, 4) is 17.2 Å². The van der Waals surface area contributed by atoms with Crippen molar-refractivity contribution < 1.29 is 18.0 Å². The number of benzene rings is 1. The smallest absolute Gasteiger partial charge is 0.352 e. The number of halogens is 3. The van der Waals surface area contributed by atoms with Gasteiger partial charge in [-0.1, -0.05) is 12.1 Å². The van der Waals surface area contributed by atoms with Gasteiger partial charge in [-0.25, -0.2) is 4.98 Å². The largest absolute Gasteiger partial charge is 0.397 e. The van der Waals surface area contributed by atoms with E-state index >= 15 is 0 Å². The molecule has 1 aliphatic heterocycles. The van der Waals surface area contributed by atoms with Gasteiger partial charge < -0.3 is 9.80 Å². The molecule has 1 amide bonds. The molecule has 3 aliphatic rings. The molecule has 0 bridgehead atoms. The molecule has 1 aromatic carbocycles. The zero-order chi connectivity index (χ0) is 25.7. The maximum absolute atomic E-state index is 12.9. The van der Waals surface area contributed by atoms with Crippen LogP contribution < -0.4 is 4.90 Å². The Morgan fingerprint density at radius 3 is 2.57 bits per heavy atom. The first-order valence-electron chi connectivity index (χ1n) is 12.6. The molecule has 6 rings (SSSR count). The molecule has 3 aromatic rings. The van der Waals surface area contributed by atoms with Gasteiger partial charge in [0.25, 0.3) is 0 Å². The van der Waals surface area contributed by atoms with E-state index in [9.17, 15) is 23.2 Å². The van der Waals surface area contributed by atoms with Crippen LogP contribution in [0.1, 0.15) is 49.3 Å². The summed E-state index contributed by atoms with van der Waals surface area (Å²) >= 11 is 0. The highest BCUT2D eigenvalue weighted by Gasteiger charge is 2.44. The van der Waals surface area contributed by atoms with Gasteiger partial charge in [-0.15, -0.1) is 0 Å². The number of carbonyl (C=O) groups excluding carboxylic acids is 1. The standard InChI is InChI=1S/C27H25F3N6O/c28-27(29,30)13-23(37)36-11-10-35(15-22(36)16-4-5-16)26-18(14-31)12-20(24(34-26)17-6-7-17)19-2-1-3-21-25(19)33-9-8-32-21/h1-3,8-9,12,16-17,22H,4-7,10-11,13,15H2/t22-/m0/s1. The summed E-state index contributed by atoms with van der Waals surface area (Å²) in [5.74, 6) is 0.140. The van der Waals surface area contributed by atoms with Gasteiger partial charge in [-0.05, 0) is 43.7 Å². The molecule has 10 heteroatoms. The van der Waals surface area contributed by atoms with Crippen LogP contribution in [0.2, 0.25) is 0 Å². The molecular formula is C27H25F3N6O. The molecule has 3 heterocycles. The lowest BCUT2D eigenvalue weighted by Crippen LogP contribution is -2.57. The van der Waals surface area contributed by atoms with Crippen molar-refractivity contribution in [2.45, 2.75) is 50.2 Å². The normalized spacial score (nSPS) is 20.2. The topological polar surface area (TPSA) is 86.0 Å². The molecule has 0 unspecified atom stereocenters. The molecule has 3 fully saturated rings. The van der Waals surface area contributed by atoms with Gasteiger partial charge in [-0.3, -0.25) is 14.8 Å². The van der Waals surface area contributed by atoms with E-state index < -0.39 is 18.5 Å². The van der Waals surface area contributed by atoms with Gasteiger partial charge in [0.05, 0.1) is 28.3 Å². The Kier molecular flexibility index (Phi) is 5.74. The van der Waals surface area contributed by atoms with E-state index in [1.807, 2.05) is 29.2 Å². The van der Waals surface area contributed by atoms with Crippen LogP contribution in [0.4, 0.5) is 19.0 Å². The molecule has 2 saturated carbocycles. The van der Waals surface area contributed by atoms with Crippen LogP contribution in [0.5, 0.6) is 0 Å². The Labute approximate surface area is 211 Å². The van der Waals surface area contributed by atoms with E-state index in [1.165, 1.54) is 4.90 Å². The third-order valence-electron chi connectivity index (χ3n) is 7.46. The quantitative estimate of drug-likeness (QED) is 0.493. The fourth-order valence-electron chi connectivity index (χ4n) is 5.40. The van der Waals surface area contributed by atoms with E-state index in [2.05, 4.69) is 16.0 Å². The van der Waals surface area contributed by atoms with E-state index in [4.69, 9.17) is 4.98 Å². The van der Waals surface area contributed by atoms with Crippen molar-refractivity contribution in [1.29, 1.82) is 5.26 Å². The number of hydrogen-bond acceptors (Lipinski definition) is 6. The van der Waals surface area contributed by atoms with Crippen LogP contribution in [-0.2, 0) is 4.79 Å². The fourth-order valence-corrected chi connectivity index (χ4v) is 5.40. The first kappa shape index (κ1) is 23.6. The molecule has 2 aliphatic carbocycles. The number of hydrogen-bond donors (Lipinski definition) is 0. The number of para-hydroxylation sites is 1. The predicted molar refractivity (Wildman–Crippen MR) is 131 cm³/mol. The summed E-state index contributed by atoms with van der Waals surface area (Å²) in [6.07, 6.45) is 1.12. The second kappa shape index (κ2) is 8.98. The van der Waals surface area contributed by atoms with Crippen molar-refractivity contribution in [3.63, 3.8) is 0 Å². The van der Waals surface area contributed by atoms with E-state index in [0.717, 1.165) is 53.5 Å². The minimum Gasteiger partial charge on any atom is -0.352 e. The average molecular weight is 507 g/mol. The number of anilines is 1. The molecule has 0 N–H and O–H groups in total. The maximum Gasteiger partial charge on any atom is 0.397 e. The van der Waals surface area contributed by atoms with Crippen molar-refractivity contribution in [1.82, 2.24) is 19.9 Å². The fraction of sp³-hybridized carbons (Fsp3) is 0.444. The summed E-state index contributed by atoms with van der Waals surface area (Å²) < 4.78 is 38.8. The SMILES string of the molecule is N#Cc1cc(-c2cccc3nccnc23)c(C2CC2)nc1N1CCN(C(=O)CC(F)(F)F)[C@H](C2CC2)C1. The number of rotatable bonds is 5. The Bertz CT molecular complexity index is 1400.